The van der Waals surface area contributed by atoms with E-state index in [0.29, 0.717) is 23.1 Å². The zero-order valence-electron chi connectivity index (χ0n) is 20.5. The van der Waals surface area contributed by atoms with Crippen LogP contribution in [0.1, 0.15) is 61.0 Å². The van der Waals surface area contributed by atoms with E-state index in [4.69, 9.17) is 0 Å². The zero-order chi connectivity index (χ0) is 24.7. The Morgan fingerprint density at radius 1 is 1.00 bits per heavy atom. The van der Waals surface area contributed by atoms with Crippen LogP contribution in [0.5, 0.6) is 0 Å². The zero-order valence-corrected chi connectivity index (χ0v) is 21.3. The molecule has 2 amide bonds. The van der Waals surface area contributed by atoms with Crippen LogP contribution in [-0.4, -0.2) is 32.3 Å². The van der Waals surface area contributed by atoms with Crippen molar-refractivity contribution < 1.29 is 9.59 Å². The van der Waals surface area contributed by atoms with Gasteiger partial charge >= 0.3 is 0 Å². The van der Waals surface area contributed by atoms with E-state index >= 15 is 0 Å². The molecule has 7 nitrogen and oxygen atoms in total. The van der Waals surface area contributed by atoms with Gasteiger partial charge in [0.1, 0.15) is 0 Å². The average molecular weight is 480 g/mol. The molecule has 2 N–H and O–H groups in total. The molecular weight excluding hydrogens is 446 g/mol. The standard InChI is InChI=1S/C26H33N5O2S/c1-6-19-10-14-21(15-11-19)27-22(32)16-34-26-30-29-24(31(26)7-2)23(17(3)4)28-25(33)20-12-8-18(5)9-13-20/h8-15,17,23H,6-7,16H2,1-5H3,(H,27,32)(H,28,33)/t23-/m1/s1. The minimum absolute atomic E-state index is 0.102. The van der Waals surface area contributed by atoms with E-state index in [-0.39, 0.29) is 29.5 Å². The van der Waals surface area contributed by atoms with Gasteiger partial charge in [-0.15, -0.1) is 10.2 Å². The van der Waals surface area contributed by atoms with Crippen molar-refractivity contribution in [1.29, 1.82) is 0 Å². The lowest BCUT2D eigenvalue weighted by atomic mass is 10.0. The van der Waals surface area contributed by atoms with Crippen molar-refractivity contribution >= 4 is 29.3 Å². The highest BCUT2D eigenvalue weighted by atomic mass is 32.2. The summed E-state index contributed by atoms with van der Waals surface area (Å²) in [5, 5.41) is 15.4. The van der Waals surface area contributed by atoms with Crippen molar-refractivity contribution in [2.45, 2.75) is 58.8 Å². The molecule has 0 spiro atoms. The fraction of sp³-hybridized carbons (Fsp3) is 0.385. The third kappa shape index (κ3) is 6.47. The normalized spacial score (nSPS) is 11.9. The number of nitrogens with one attached hydrogen (secondary N) is 2. The Morgan fingerprint density at radius 2 is 1.68 bits per heavy atom. The number of aromatic nitrogens is 3. The van der Waals surface area contributed by atoms with Crippen molar-refractivity contribution in [3.05, 3.63) is 71.0 Å². The highest BCUT2D eigenvalue weighted by Gasteiger charge is 2.26. The Bertz CT molecular complexity index is 1110. The SMILES string of the molecule is CCc1ccc(NC(=O)CSc2nnc([C@H](NC(=O)c3ccc(C)cc3)C(C)C)n2CC)cc1. The van der Waals surface area contributed by atoms with Crippen molar-refractivity contribution in [2.75, 3.05) is 11.1 Å². The molecule has 0 saturated carbocycles. The largest absolute Gasteiger partial charge is 0.342 e. The number of anilines is 1. The molecule has 8 heteroatoms. The van der Waals surface area contributed by atoms with Crippen LogP contribution in [0.3, 0.4) is 0 Å². The Morgan fingerprint density at radius 3 is 2.26 bits per heavy atom. The van der Waals surface area contributed by atoms with Crippen LogP contribution in [0.2, 0.25) is 0 Å². The first kappa shape index (κ1) is 25.5. The average Bonchev–Trinajstić information content (AvgIpc) is 3.24. The first-order valence-corrected chi connectivity index (χ1v) is 12.6. The predicted octanol–water partition coefficient (Wildman–Crippen LogP) is 5.03. The Balaban J connectivity index is 1.68. The quantitative estimate of drug-likeness (QED) is 0.398. The van der Waals surface area contributed by atoms with Gasteiger partial charge in [-0.2, -0.15) is 0 Å². The van der Waals surface area contributed by atoms with Gasteiger partial charge in [-0.3, -0.25) is 9.59 Å². The molecule has 1 aromatic heterocycles. The molecule has 2 aromatic carbocycles. The van der Waals surface area contributed by atoms with Gasteiger partial charge in [-0.05, 0) is 56.0 Å². The summed E-state index contributed by atoms with van der Waals surface area (Å²) in [4.78, 5) is 25.3. The topological polar surface area (TPSA) is 88.9 Å². The minimum Gasteiger partial charge on any atom is -0.342 e. The molecule has 180 valence electrons. The highest BCUT2D eigenvalue weighted by molar-refractivity contribution is 7.99. The van der Waals surface area contributed by atoms with Gasteiger partial charge in [0.05, 0.1) is 11.8 Å². The molecule has 0 aliphatic rings. The first-order valence-electron chi connectivity index (χ1n) is 11.6. The van der Waals surface area contributed by atoms with Gasteiger partial charge in [0.2, 0.25) is 5.91 Å². The number of thioether (sulfide) groups is 1. The molecule has 0 aliphatic carbocycles. The maximum absolute atomic E-state index is 12.9. The van der Waals surface area contributed by atoms with Crippen LogP contribution in [0.15, 0.2) is 53.7 Å². The van der Waals surface area contributed by atoms with E-state index in [9.17, 15) is 9.59 Å². The van der Waals surface area contributed by atoms with E-state index in [1.165, 1.54) is 17.3 Å². The number of nitrogens with zero attached hydrogens (tertiary/aromatic N) is 3. The molecule has 0 bridgehead atoms. The Labute approximate surface area is 205 Å². The first-order chi connectivity index (χ1) is 16.3. The number of amides is 2. The van der Waals surface area contributed by atoms with E-state index in [2.05, 4.69) is 27.8 Å². The molecule has 0 aliphatic heterocycles. The fourth-order valence-electron chi connectivity index (χ4n) is 3.54. The van der Waals surface area contributed by atoms with Gasteiger partial charge in [-0.1, -0.05) is 62.4 Å². The number of carbonyl (C=O) groups is 2. The molecule has 1 atom stereocenters. The number of hydrogen-bond acceptors (Lipinski definition) is 5. The number of aryl methyl sites for hydroxylation is 2. The number of benzene rings is 2. The highest BCUT2D eigenvalue weighted by Crippen LogP contribution is 2.26. The Hall–Kier alpha value is -3.13. The summed E-state index contributed by atoms with van der Waals surface area (Å²) in [6.45, 7) is 10.8. The van der Waals surface area contributed by atoms with Crippen molar-refractivity contribution in [3.63, 3.8) is 0 Å². The van der Waals surface area contributed by atoms with Gasteiger partial charge in [0, 0.05) is 17.8 Å². The third-order valence-corrected chi connectivity index (χ3v) is 6.55. The van der Waals surface area contributed by atoms with Crippen LogP contribution < -0.4 is 10.6 Å². The van der Waals surface area contributed by atoms with Gasteiger partial charge in [0.25, 0.3) is 5.91 Å². The second kappa shape index (κ2) is 11.8. The lowest BCUT2D eigenvalue weighted by molar-refractivity contribution is -0.113. The van der Waals surface area contributed by atoms with E-state index in [1.54, 1.807) is 0 Å². The second-order valence-corrected chi connectivity index (χ2v) is 9.48. The third-order valence-electron chi connectivity index (χ3n) is 5.59. The maximum Gasteiger partial charge on any atom is 0.251 e. The van der Waals surface area contributed by atoms with E-state index in [0.717, 1.165) is 17.7 Å². The summed E-state index contributed by atoms with van der Waals surface area (Å²) >= 11 is 1.34. The molecule has 34 heavy (non-hydrogen) atoms. The minimum atomic E-state index is -0.304. The van der Waals surface area contributed by atoms with Crippen LogP contribution in [0.25, 0.3) is 0 Å². The lowest BCUT2D eigenvalue weighted by Gasteiger charge is -2.22. The summed E-state index contributed by atoms with van der Waals surface area (Å²) in [6.07, 6.45) is 0.960. The smallest absolute Gasteiger partial charge is 0.251 e. The summed E-state index contributed by atoms with van der Waals surface area (Å²) in [6, 6.07) is 15.0. The van der Waals surface area contributed by atoms with Gasteiger partial charge in [0.15, 0.2) is 11.0 Å². The predicted molar refractivity (Wildman–Crippen MR) is 137 cm³/mol. The fourth-order valence-corrected chi connectivity index (χ4v) is 4.35. The van der Waals surface area contributed by atoms with Crippen LogP contribution in [-0.2, 0) is 17.8 Å². The van der Waals surface area contributed by atoms with Crippen LogP contribution >= 0.6 is 11.8 Å². The second-order valence-electron chi connectivity index (χ2n) is 8.53. The van der Waals surface area contributed by atoms with Gasteiger partial charge in [-0.25, -0.2) is 0 Å². The summed E-state index contributed by atoms with van der Waals surface area (Å²) < 4.78 is 1.97. The van der Waals surface area contributed by atoms with Crippen LogP contribution in [0.4, 0.5) is 5.69 Å². The molecule has 0 fully saturated rings. The molecular formula is C26H33N5O2S. The molecule has 1 heterocycles. The Kier molecular flexibility index (Phi) is 8.87. The monoisotopic (exact) mass is 479 g/mol. The molecule has 3 rings (SSSR count). The summed E-state index contributed by atoms with van der Waals surface area (Å²) in [5.41, 5.74) is 3.72. The summed E-state index contributed by atoms with van der Waals surface area (Å²) in [5.74, 6) is 0.768. The van der Waals surface area contributed by atoms with E-state index < -0.39 is 0 Å². The molecule has 3 aromatic rings. The number of rotatable bonds is 10. The van der Waals surface area contributed by atoms with Crippen molar-refractivity contribution in [2.24, 2.45) is 5.92 Å². The van der Waals surface area contributed by atoms with Gasteiger partial charge < -0.3 is 15.2 Å². The molecule has 0 unspecified atom stereocenters. The van der Waals surface area contributed by atoms with Crippen LogP contribution in [0, 0.1) is 12.8 Å². The molecule has 0 radical (unpaired) electrons. The summed E-state index contributed by atoms with van der Waals surface area (Å²) in [7, 11) is 0. The van der Waals surface area contributed by atoms with Crippen molar-refractivity contribution in [1.82, 2.24) is 20.1 Å². The van der Waals surface area contributed by atoms with E-state index in [1.807, 2.05) is 80.8 Å². The lowest BCUT2D eigenvalue weighted by Crippen LogP contribution is -2.33. The number of carbonyl (C=O) groups excluding carboxylic acids is 2. The number of hydrogen-bond donors (Lipinski definition) is 2. The van der Waals surface area contributed by atoms with Crippen molar-refractivity contribution in [3.8, 4) is 0 Å². The maximum atomic E-state index is 12.9. The molecule has 0 saturated heterocycles.